The summed E-state index contributed by atoms with van der Waals surface area (Å²) in [6.45, 7) is 0.905. The standard InChI is InChI=1S/C12H15FN2O2/c1-14-5-6-15(11(8-16)12(14)17)10-4-2-3-9(13)7-10/h2-4,7,11,16H,5-6,8H2,1H3. The van der Waals surface area contributed by atoms with Crippen LogP contribution >= 0.6 is 0 Å². The van der Waals surface area contributed by atoms with Crippen LogP contribution in [-0.4, -0.2) is 48.7 Å². The largest absolute Gasteiger partial charge is 0.394 e. The number of amides is 1. The van der Waals surface area contributed by atoms with Gasteiger partial charge in [-0.3, -0.25) is 4.79 Å². The monoisotopic (exact) mass is 238 g/mol. The summed E-state index contributed by atoms with van der Waals surface area (Å²) in [5.41, 5.74) is 0.630. The van der Waals surface area contributed by atoms with Crippen molar-refractivity contribution in [2.24, 2.45) is 0 Å². The van der Waals surface area contributed by atoms with E-state index in [1.165, 1.54) is 12.1 Å². The fourth-order valence-corrected chi connectivity index (χ4v) is 2.05. The maximum Gasteiger partial charge on any atom is 0.247 e. The number of aliphatic hydroxyl groups excluding tert-OH is 1. The highest BCUT2D eigenvalue weighted by Gasteiger charge is 2.32. The molecule has 92 valence electrons. The van der Waals surface area contributed by atoms with E-state index in [2.05, 4.69) is 0 Å². The van der Waals surface area contributed by atoms with Crippen LogP contribution in [0.4, 0.5) is 10.1 Å². The molecule has 1 aromatic carbocycles. The summed E-state index contributed by atoms with van der Waals surface area (Å²) in [6.07, 6.45) is 0. The van der Waals surface area contributed by atoms with Gasteiger partial charge in [0.2, 0.25) is 5.91 Å². The second kappa shape index (κ2) is 4.71. The van der Waals surface area contributed by atoms with Gasteiger partial charge in [-0.1, -0.05) is 6.07 Å². The van der Waals surface area contributed by atoms with E-state index in [1.54, 1.807) is 29.0 Å². The second-order valence-electron chi connectivity index (χ2n) is 4.13. The van der Waals surface area contributed by atoms with Gasteiger partial charge in [-0.2, -0.15) is 0 Å². The number of halogens is 1. The van der Waals surface area contributed by atoms with Crippen molar-refractivity contribution in [1.82, 2.24) is 4.90 Å². The first kappa shape index (κ1) is 11.9. The molecule has 1 fully saturated rings. The van der Waals surface area contributed by atoms with Gasteiger partial charge in [-0.15, -0.1) is 0 Å². The predicted molar refractivity (Wildman–Crippen MR) is 62.3 cm³/mol. The quantitative estimate of drug-likeness (QED) is 0.814. The van der Waals surface area contributed by atoms with Gasteiger partial charge >= 0.3 is 0 Å². The molecule has 1 heterocycles. The molecule has 1 saturated heterocycles. The molecule has 0 bridgehead atoms. The molecule has 1 aliphatic heterocycles. The third-order valence-electron chi connectivity index (χ3n) is 3.03. The van der Waals surface area contributed by atoms with Crippen LogP contribution in [0.25, 0.3) is 0 Å². The van der Waals surface area contributed by atoms with E-state index in [-0.39, 0.29) is 18.3 Å². The molecule has 2 rings (SSSR count). The number of carbonyl (C=O) groups is 1. The smallest absolute Gasteiger partial charge is 0.247 e. The molecule has 1 N–H and O–H groups in total. The fourth-order valence-electron chi connectivity index (χ4n) is 2.05. The summed E-state index contributed by atoms with van der Waals surface area (Å²) in [6, 6.07) is 5.46. The van der Waals surface area contributed by atoms with Gasteiger partial charge in [-0.05, 0) is 18.2 Å². The highest BCUT2D eigenvalue weighted by molar-refractivity contribution is 5.86. The Morgan fingerprint density at radius 3 is 2.88 bits per heavy atom. The zero-order chi connectivity index (χ0) is 12.4. The number of hydrogen-bond acceptors (Lipinski definition) is 3. The van der Waals surface area contributed by atoms with Crippen molar-refractivity contribution in [2.45, 2.75) is 6.04 Å². The molecule has 0 spiro atoms. The van der Waals surface area contributed by atoms with Crippen LogP contribution in [0.1, 0.15) is 0 Å². The maximum absolute atomic E-state index is 13.1. The lowest BCUT2D eigenvalue weighted by Crippen LogP contribution is -2.57. The van der Waals surface area contributed by atoms with Crippen molar-refractivity contribution in [2.75, 3.05) is 31.6 Å². The highest BCUT2D eigenvalue weighted by atomic mass is 19.1. The van der Waals surface area contributed by atoms with Gasteiger partial charge in [0.25, 0.3) is 0 Å². The minimum atomic E-state index is -0.615. The molecule has 0 aromatic heterocycles. The lowest BCUT2D eigenvalue weighted by molar-refractivity contribution is -0.133. The van der Waals surface area contributed by atoms with Gasteiger partial charge in [0, 0.05) is 25.8 Å². The summed E-state index contributed by atoms with van der Waals surface area (Å²) in [4.78, 5) is 15.2. The van der Waals surface area contributed by atoms with Crippen LogP contribution in [-0.2, 0) is 4.79 Å². The molecule has 4 nitrogen and oxygen atoms in total. The Morgan fingerprint density at radius 2 is 2.24 bits per heavy atom. The zero-order valence-corrected chi connectivity index (χ0v) is 9.64. The molecule has 1 aromatic rings. The first-order chi connectivity index (χ1) is 8.13. The number of likely N-dealkylation sites (N-methyl/N-ethyl adjacent to an activating group) is 1. The number of aliphatic hydroxyl groups is 1. The molecule has 1 atom stereocenters. The van der Waals surface area contributed by atoms with Crippen LogP contribution in [0, 0.1) is 5.82 Å². The Kier molecular flexibility index (Phi) is 3.28. The van der Waals surface area contributed by atoms with Crippen molar-refractivity contribution in [3.05, 3.63) is 30.1 Å². The van der Waals surface area contributed by atoms with Gasteiger partial charge in [-0.25, -0.2) is 4.39 Å². The highest BCUT2D eigenvalue weighted by Crippen LogP contribution is 2.21. The molecular formula is C12H15FN2O2. The number of hydrogen-bond donors (Lipinski definition) is 1. The Hall–Kier alpha value is -1.62. The Morgan fingerprint density at radius 1 is 1.47 bits per heavy atom. The molecule has 1 unspecified atom stereocenters. The van der Waals surface area contributed by atoms with Crippen molar-refractivity contribution in [1.29, 1.82) is 0 Å². The van der Waals surface area contributed by atoms with E-state index in [1.807, 2.05) is 0 Å². The average Bonchev–Trinajstić information content (AvgIpc) is 2.32. The number of nitrogens with zero attached hydrogens (tertiary/aromatic N) is 2. The van der Waals surface area contributed by atoms with Crippen LogP contribution in [0.3, 0.4) is 0 Å². The van der Waals surface area contributed by atoms with Gasteiger partial charge in [0.15, 0.2) is 0 Å². The SMILES string of the molecule is CN1CCN(c2cccc(F)c2)C(CO)C1=O. The summed E-state index contributed by atoms with van der Waals surface area (Å²) in [7, 11) is 1.70. The Balaban J connectivity index is 2.28. The lowest BCUT2D eigenvalue weighted by atomic mass is 10.1. The summed E-state index contributed by atoms with van der Waals surface area (Å²) in [5, 5.41) is 9.30. The number of rotatable bonds is 2. The number of carbonyl (C=O) groups excluding carboxylic acids is 1. The molecular weight excluding hydrogens is 223 g/mol. The van der Waals surface area contributed by atoms with Crippen LogP contribution < -0.4 is 4.90 Å². The van der Waals surface area contributed by atoms with Gasteiger partial charge in [0.05, 0.1) is 6.61 Å². The van der Waals surface area contributed by atoms with Crippen molar-refractivity contribution in [3.8, 4) is 0 Å². The molecule has 0 aliphatic carbocycles. The molecule has 1 amide bonds. The topological polar surface area (TPSA) is 43.8 Å². The van der Waals surface area contributed by atoms with E-state index in [4.69, 9.17) is 0 Å². The normalized spacial score (nSPS) is 20.9. The van der Waals surface area contributed by atoms with E-state index in [9.17, 15) is 14.3 Å². The number of piperazine rings is 1. The van der Waals surface area contributed by atoms with Gasteiger partial charge < -0.3 is 14.9 Å². The Labute approximate surface area is 99.3 Å². The van der Waals surface area contributed by atoms with E-state index < -0.39 is 6.04 Å². The minimum absolute atomic E-state index is 0.136. The van der Waals surface area contributed by atoms with Crippen LogP contribution in [0.15, 0.2) is 24.3 Å². The predicted octanol–water partition coefficient (Wildman–Crippen LogP) is 0.465. The lowest BCUT2D eigenvalue weighted by Gasteiger charge is -2.39. The molecule has 1 aliphatic rings. The van der Waals surface area contributed by atoms with Crippen molar-refractivity contribution in [3.63, 3.8) is 0 Å². The van der Waals surface area contributed by atoms with Crippen LogP contribution in [0.2, 0.25) is 0 Å². The van der Waals surface area contributed by atoms with Gasteiger partial charge in [0.1, 0.15) is 11.9 Å². The van der Waals surface area contributed by atoms with E-state index >= 15 is 0 Å². The fraction of sp³-hybridized carbons (Fsp3) is 0.417. The maximum atomic E-state index is 13.1. The first-order valence-corrected chi connectivity index (χ1v) is 5.51. The molecule has 17 heavy (non-hydrogen) atoms. The zero-order valence-electron chi connectivity index (χ0n) is 9.64. The average molecular weight is 238 g/mol. The molecule has 0 radical (unpaired) electrons. The number of benzene rings is 1. The third-order valence-corrected chi connectivity index (χ3v) is 3.03. The van der Waals surface area contributed by atoms with Crippen molar-refractivity contribution < 1.29 is 14.3 Å². The van der Waals surface area contributed by atoms with E-state index in [0.717, 1.165) is 0 Å². The number of anilines is 1. The van der Waals surface area contributed by atoms with Crippen LogP contribution in [0.5, 0.6) is 0 Å². The first-order valence-electron chi connectivity index (χ1n) is 5.51. The summed E-state index contributed by atoms with van der Waals surface area (Å²) >= 11 is 0. The summed E-state index contributed by atoms with van der Waals surface area (Å²) < 4.78 is 13.1. The molecule has 5 heteroatoms. The second-order valence-corrected chi connectivity index (χ2v) is 4.13. The third kappa shape index (κ3) is 2.24. The minimum Gasteiger partial charge on any atom is -0.394 e. The summed E-state index contributed by atoms with van der Waals surface area (Å²) in [5.74, 6) is -0.478. The van der Waals surface area contributed by atoms with E-state index in [0.29, 0.717) is 18.8 Å². The van der Waals surface area contributed by atoms with Crippen molar-refractivity contribution >= 4 is 11.6 Å². The molecule has 0 saturated carbocycles. The Bertz CT molecular complexity index is 425.